The number of piperidine rings is 3. The van der Waals surface area contributed by atoms with Gasteiger partial charge in [-0.3, -0.25) is 9.36 Å². The van der Waals surface area contributed by atoms with Gasteiger partial charge in [0.05, 0.1) is 37.2 Å². The number of halogens is 1. The second-order valence-electron chi connectivity index (χ2n) is 25.2. The smallest absolute Gasteiger partial charge is 0.245 e. The van der Waals surface area contributed by atoms with Crippen LogP contribution in [0.15, 0.2) is 105 Å². The summed E-state index contributed by atoms with van der Waals surface area (Å²) in [5.74, 6) is 6.37. The molecule has 0 bridgehead atoms. The van der Waals surface area contributed by atoms with E-state index < -0.39 is 5.82 Å². The van der Waals surface area contributed by atoms with Crippen LogP contribution in [0.5, 0.6) is 17.2 Å². The highest BCUT2D eigenvalue weighted by Crippen LogP contribution is 2.44. The molecule has 17 rings (SSSR count). The minimum atomic E-state index is -0.418. The molecule has 0 spiro atoms. The Morgan fingerprint density at radius 3 is 1.29 bits per heavy atom. The number of fused-ring (bicyclic) bond motifs is 2. The molecule has 3 aliphatic carbocycles. The van der Waals surface area contributed by atoms with Gasteiger partial charge in [0.2, 0.25) is 17.8 Å². The summed E-state index contributed by atoms with van der Waals surface area (Å²) in [5, 5.41) is 75.5. The van der Waals surface area contributed by atoms with E-state index >= 15 is 0 Å². The third kappa shape index (κ3) is 12.6. The van der Waals surface area contributed by atoms with Gasteiger partial charge >= 0.3 is 0 Å². The molecule has 3 saturated carbocycles. The van der Waals surface area contributed by atoms with E-state index in [2.05, 4.69) is 101 Å². The van der Waals surface area contributed by atoms with Crippen molar-refractivity contribution in [2.75, 3.05) is 54.0 Å². The molecule has 10 aromatic heterocycles. The standard InChI is InChI=1S/C24H24FN7O.C23H24N8O.C18H20N8O/c1-31-12-18-7-16(8-19(25)22(18)30-31)17-9-21(33)23(26-10-17)20-11-27-24(29-28-20)32-6-2-3-15(13-32)14-4-5-14;1-30-12-18-7-16(10-25-22(18)29-30)17-8-20(32)21(24-9-17)19-11-26-23(28-27-19)31-6-2-3-15(13-31)14-4-5-14;27-16-8-14(26-21-5-6-22-26)9-19-17(16)15-10-20-18(24-23-15)25-7-1-2-13(11-25)12-3-4-12/h7-12,14-15,33H,2-6,13H2,1H3;7-12,14-15,32H,2-6,13H2,1H3;5-6,8-10,12-13,27H,1-4,7,11H2/t2*15-;13-/m111/s1. The molecule has 3 atom stereocenters. The second kappa shape index (κ2) is 24.8. The fraction of sp³-hybridized carbons (Fsp3) is 0.400. The normalized spacial score (nSPS) is 19.2. The van der Waals surface area contributed by atoms with E-state index in [0.29, 0.717) is 85.4 Å². The Morgan fingerprint density at radius 1 is 0.413 bits per heavy atom. The van der Waals surface area contributed by atoms with Crippen LogP contribution in [0, 0.1) is 41.3 Å². The van der Waals surface area contributed by atoms with Crippen LogP contribution in [-0.4, -0.2) is 155 Å². The summed E-state index contributed by atoms with van der Waals surface area (Å²) in [6, 6.07) is 9.97. The maximum Gasteiger partial charge on any atom is 0.245 e. The zero-order valence-electron chi connectivity index (χ0n) is 51.0. The van der Waals surface area contributed by atoms with Crippen molar-refractivity contribution in [2.24, 2.45) is 49.6 Å². The molecule has 92 heavy (non-hydrogen) atoms. The topological polar surface area (TPSA) is 304 Å². The zero-order valence-corrected chi connectivity index (χ0v) is 51.0. The van der Waals surface area contributed by atoms with Gasteiger partial charge in [-0.2, -0.15) is 20.4 Å². The molecule has 26 nitrogen and oxygen atoms in total. The highest BCUT2D eigenvalue weighted by atomic mass is 19.1. The first-order chi connectivity index (χ1) is 45.0. The number of hydrogen-bond acceptors (Lipinski definition) is 23. The highest BCUT2D eigenvalue weighted by molar-refractivity contribution is 5.85. The Kier molecular flexibility index (Phi) is 15.7. The summed E-state index contributed by atoms with van der Waals surface area (Å²) >= 11 is 0. The Hall–Kier alpha value is -10.3. The van der Waals surface area contributed by atoms with Crippen LogP contribution in [0.3, 0.4) is 0 Å². The fourth-order valence-corrected chi connectivity index (χ4v) is 13.3. The minimum Gasteiger partial charge on any atom is -0.506 e. The van der Waals surface area contributed by atoms with Gasteiger partial charge in [-0.15, -0.1) is 35.4 Å². The molecule has 3 aliphatic heterocycles. The summed E-state index contributed by atoms with van der Waals surface area (Å²) in [7, 11) is 3.61. The van der Waals surface area contributed by atoms with Gasteiger partial charge in [-0.25, -0.2) is 39.3 Å². The molecule has 468 valence electrons. The predicted molar refractivity (Wildman–Crippen MR) is 339 cm³/mol. The first-order valence-electron chi connectivity index (χ1n) is 31.7. The fourth-order valence-electron chi connectivity index (χ4n) is 13.3. The van der Waals surface area contributed by atoms with Crippen LogP contribution >= 0.6 is 0 Å². The molecule has 0 unspecified atom stereocenters. The minimum absolute atomic E-state index is 0.0135. The Morgan fingerprint density at radius 2 is 0.837 bits per heavy atom. The molecule has 11 aromatic rings. The van der Waals surface area contributed by atoms with Gasteiger partial charge in [-0.05, 0) is 148 Å². The number of nitrogens with zero attached hydrogens (tertiary/aromatic N) is 23. The Labute approximate surface area is 527 Å². The summed E-state index contributed by atoms with van der Waals surface area (Å²) < 4.78 is 17.8. The monoisotopic (exact) mass is 1240 g/mol. The number of benzene rings is 1. The number of anilines is 3. The van der Waals surface area contributed by atoms with Gasteiger partial charge in [0.25, 0.3) is 0 Å². The van der Waals surface area contributed by atoms with Crippen LogP contribution in [0.2, 0.25) is 0 Å². The van der Waals surface area contributed by atoms with E-state index in [0.717, 1.165) is 97.7 Å². The lowest BCUT2D eigenvalue weighted by Gasteiger charge is -2.32. The van der Waals surface area contributed by atoms with Crippen LogP contribution in [-0.2, 0) is 14.1 Å². The third-order valence-corrected chi connectivity index (χ3v) is 18.5. The highest BCUT2D eigenvalue weighted by Gasteiger charge is 2.37. The summed E-state index contributed by atoms with van der Waals surface area (Å²) in [4.78, 5) is 39.1. The van der Waals surface area contributed by atoms with Crippen molar-refractivity contribution in [3.05, 3.63) is 110 Å². The van der Waals surface area contributed by atoms with Crippen molar-refractivity contribution in [2.45, 2.75) is 77.0 Å². The molecule has 0 radical (unpaired) electrons. The summed E-state index contributed by atoms with van der Waals surface area (Å²) in [5.41, 5.74) is 6.68. The molecule has 6 fully saturated rings. The number of aromatic hydroxyl groups is 3. The van der Waals surface area contributed by atoms with Gasteiger partial charge < -0.3 is 30.0 Å². The van der Waals surface area contributed by atoms with E-state index in [1.54, 1.807) is 96.6 Å². The van der Waals surface area contributed by atoms with E-state index in [-0.39, 0.29) is 17.2 Å². The van der Waals surface area contributed by atoms with E-state index in [4.69, 9.17) is 0 Å². The molecule has 13 heterocycles. The largest absolute Gasteiger partial charge is 0.506 e. The molecular formula is C65H68FN23O3. The van der Waals surface area contributed by atoms with Gasteiger partial charge in [0, 0.05) is 118 Å². The number of aryl methyl sites for hydroxylation is 2. The number of pyridine rings is 4. The third-order valence-electron chi connectivity index (χ3n) is 18.5. The SMILES string of the molecule is Cn1cc2cc(-c3cnc(-c4cnc(N5CCC[C@@H](C6CC6)C5)nn4)c(O)c3)cc(F)c2n1.Cn1cc2cc(-c3cnc(-c4cnc(N5CCC[C@@H](C6CC6)C5)nn4)c(O)c3)cnc2n1.Oc1cc(-n2nccn2)cnc1-c1cnc(N2CCC[C@@H](C3CC3)C2)nn1. The lowest BCUT2D eigenvalue weighted by Crippen LogP contribution is -2.37. The van der Waals surface area contributed by atoms with Crippen molar-refractivity contribution in [3.8, 4) is 79.4 Å². The lowest BCUT2D eigenvalue weighted by atomic mass is 9.94. The number of aromatic nitrogens is 20. The van der Waals surface area contributed by atoms with Crippen LogP contribution in [0.25, 0.3) is 84.0 Å². The van der Waals surface area contributed by atoms with Gasteiger partial charge in [-0.1, -0.05) is 0 Å². The molecule has 0 amide bonds. The molecule has 27 heteroatoms. The van der Waals surface area contributed by atoms with Crippen LogP contribution in [0.4, 0.5) is 22.2 Å². The second-order valence-corrected chi connectivity index (χ2v) is 25.2. The van der Waals surface area contributed by atoms with Crippen LogP contribution < -0.4 is 14.7 Å². The average molecular weight is 1240 g/mol. The van der Waals surface area contributed by atoms with Crippen LogP contribution in [0.1, 0.15) is 77.0 Å². The van der Waals surface area contributed by atoms with Crippen molar-refractivity contribution in [1.29, 1.82) is 0 Å². The zero-order chi connectivity index (χ0) is 62.4. The first-order valence-corrected chi connectivity index (χ1v) is 31.7. The molecule has 3 saturated heterocycles. The predicted octanol–water partition coefficient (Wildman–Crippen LogP) is 9.02. The molecule has 3 N–H and O–H groups in total. The summed E-state index contributed by atoms with van der Waals surface area (Å²) in [6.45, 7) is 5.90. The average Bonchev–Trinajstić information content (AvgIpc) is 2.44. The van der Waals surface area contributed by atoms with Crippen molar-refractivity contribution in [1.82, 2.24) is 100 Å². The maximum atomic E-state index is 14.5. The van der Waals surface area contributed by atoms with Crippen molar-refractivity contribution >= 4 is 39.8 Å². The quantitative estimate of drug-likeness (QED) is 0.103. The lowest BCUT2D eigenvalue weighted by molar-refractivity contribution is 0.370. The van der Waals surface area contributed by atoms with Gasteiger partial charge in [0.15, 0.2) is 11.5 Å². The summed E-state index contributed by atoms with van der Waals surface area (Å²) in [6.07, 6.45) is 33.8. The molecule has 6 aliphatic rings. The Bertz CT molecular complexity index is 4430. The maximum absolute atomic E-state index is 14.5. The van der Waals surface area contributed by atoms with Crippen molar-refractivity contribution < 1.29 is 19.7 Å². The van der Waals surface area contributed by atoms with E-state index in [1.807, 2.05) is 25.4 Å². The molecular weight excluding hydrogens is 1170 g/mol. The molecule has 1 aromatic carbocycles. The first kappa shape index (κ1) is 58.1. The van der Waals surface area contributed by atoms with E-state index in [9.17, 15) is 19.7 Å². The number of rotatable bonds is 12. The Balaban J connectivity index is 0.000000115. The van der Waals surface area contributed by atoms with Gasteiger partial charge in [0.1, 0.15) is 62.6 Å². The number of hydrogen-bond donors (Lipinski definition) is 3. The van der Waals surface area contributed by atoms with Crippen molar-refractivity contribution in [3.63, 3.8) is 0 Å². The van der Waals surface area contributed by atoms with E-state index in [1.165, 1.54) is 81.5 Å².